The van der Waals surface area contributed by atoms with Crippen LogP contribution in [0.15, 0.2) is 30.3 Å². The van der Waals surface area contributed by atoms with Gasteiger partial charge in [-0.15, -0.1) is 0 Å². The van der Waals surface area contributed by atoms with Gasteiger partial charge in [-0.25, -0.2) is 0 Å². The van der Waals surface area contributed by atoms with E-state index in [4.69, 9.17) is 0 Å². The van der Waals surface area contributed by atoms with Crippen molar-refractivity contribution in [2.75, 3.05) is 23.3 Å². The van der Waals surface area contributed by atoms with Crippen molar-refractivity contribution in [1.29, 1.82) is 0 Å². The second-order valence-electron chi connectivity index (χ2n) is 6.07. The molecule has 4 heteroatoms. The summed E-state index contributed by atoms with van der Waals surface area (Å²) >= 11 is 0. The third-order valence-corrected chi connectivity index (χ3v) is 4.53. The number of aromatic nitrogens is 1. The first-order valence-electron chi connectivity index (χ1n) is 7.85. The van der Waals surface area contributed by atoms with Gasteiger partial charge in [0.25, 0.3) is 5.91 Å². The molecular weight excluding hydrogens is 274 g/mol. The zero-order valence-electron chi connectivity index (χ0n) is 13.5. The summed E-state index contributed by atoms with van der Waals surface area (Å²) in [6, 6.07) is 10.1. The zero-order chi connectivity index (χ0) is 15.7. The van der Waals surface area contributed by atoms with E-state index >= 15 is 0 Å². The van der Waals surface area contributed by atoms with Crippen molar-refractivity contribution in [2.24, 2.45) is 7.05 Å². The number of hydrogen-bond donors (Lipinski definition) is 1. The van der Waals surface area contributed by atoms with Crippen molar-refractivity contribution in [3.05, 3.63) is 47.3 Å². The van der Waals surface area contributed by atoms with Gasteiger partial charge >= 0.3 is 0 Å². The first kappa shape index (κ1) is 14.7. The number of nitrogens with one attached hydrogen (secondary N) is 1. The fraction of sp³-hybridized carbons (Fsp3) is 0.389. The van der Waals surface area contributed by atoms with Gasteiger partial charge < -0.3 is 14.8 Å². The summed E-state index contributed by atoms with van der Waals surface area (Å²) in [6.45, 7) is 6.31. The molecule has 0 aliphatic carbocycles. The van der Waals surface area contributed by atoms with Gasteiger partial charge in [-0.1, -0.05) is 0 Å². The van der Waals surface area contributed by atoms with Crippen LogP contribution in [-0.2, 0) is 7.05 Å². The van der Waals surface area contributed by atoms with E-state index in [1.165, 1.54) is 18.5 Å². The molecule has 1 aliphatic rings. The lowest BCUT2D eigenvalue weighted by Crippen LogP contribution is -2.19. The molecule has 1 aromatic carbocycles. The average Bonchev–Trinajstić information content (AvgIpc) is 3.13. The smallest absolute Gasteiger partial charge is 0.272 e. The minimum absolute atomic E-state index is 0.0624. The molecule has 0 bridgehead atoms. The van der Waals surface area contributed by atoms with Crippen molar-refractivity contribution in [3.63, 3.8) is 0 Å². The van der Waals surface area contributed by atoms with Crippen LogP contribution in [-0.4, -0.2) is 23.6 Å². The Morgan fingerprint density at radius 3 is 2.41 bits per heavy atom. The molecule has 2 aromatic rings. The van der Waals surface area contributed by atoms with E-state index in [1.54, 1.807) is 0 Å². The fourth-order valence-corrected chi connectivity index (χ4v) is 2.99. The van der Waals surface area contributed by atoms with E-state index in [2.05, 4.69) is 22.3 Å². The molecule has 116 valence electrons. The van der Waals surface area contributed by atoms with Gasteiger partial charge in [0.05, 0.1) is 0 Å². The third kappa shape index (κ3) is 2.73. The molecule has 2 heterocycles. The van der Waals surface area contributed by atoms with Crippen molar-refractivity contribution in [3.8, 4) is 0 Å². The van der Waals surface area contributed by atoms with E-state index in [9.17, 15) is 4.79 Å². The molecule has 1 aromatic heterocycles. The topological polar surface area (TPSA) is 37.3 Å². The fourth-order valence-electron chi connectivity index (χ4n) is 2.99. The Morgan fingerprint density at radius 1 is 1.09 bits per heavy atom. The van der Waals surface area contributed by atoms with Crippen LogP contribution in [0.25, 0.3) is 0 Å². The van der Waals surface area contributed by atoms with Gasteiger partial charge in [0.15, 0.2) is 0 Å². The maximum Gasteiger partial charge on any atom is 0.272 e. The average molecular weight is 297 g/mol. The SMILES string of the molecule is Cc1cc(N2CCCC2)ccc1NC(=O)c1ccc(C)n1C. The maximum atomic E-state index is 12.4. The van der Waals surface area contributed by atoms with Crippen LogP contribution in [0.4, 0.5) is 11.4 Å². The van der Waals surface area contributed by atoms with Gasteiger partial charge in [-0.3, -0.25) is 4.79 Å². The quantitative estimate of drug-likeness (QED) is 0.941. The number of aryl methyl sites for hydroxylation is 2. The molecule has 0 unspecified atom stereocenters. The minimum Gasteiger partial charge on any atom is -0.372 e. The summed E-state index contributed by atoms with van der Waals surface area (Å²) < 4.78 is 1.91. The van der Waals surface area contributed by atoms with Gasteiger partial charge in [0.2, 0.25) is 0 Å². The first-order chi connectivity index (χ1) is 10.6. The number of hydrogen-bond acceptors (Lipinski definition) is 2. The minimum atomic E-state index is -0.0624. The molecule has 3 rings (SSSR count). The lowest BCUT2D eigenvalue weighted by molar-refractivity contribution is 0.101. The number of nitrogens with zero attached hydrogens (tertiary/aromatic N) is 2. The van der Waals surface area contributed by atoms with Gasteiger partial charge in [0.1, 0.15) is 5.69 Å². The highest BCUT2D eigenvalue weighted by Gasteiger charge is 2.15. The summed E-state index contributed by atoms with van der Waals surface area (Å²) in [5.74, 6) is -0.0624. The predicted molar refractivity (Wildman–Crippen MR) is 90.7 cm³/mol. The Balaban J connectivity index is 1.77. The van der Waals surface area contributed by atoms with Gasteiger partial charge in [-0.2, -0.15) is 0 Å². The highest BCUT2D eigenvalue weighted by molar-refractivity contribution is 6.03. The summed E-state index contributed by atoms with van der Waals surface area (Å²) in [6.07, 6.45) is 2.54. The number of carbonyl (C=O) groups excluding carboxylic acids is 1. The lowest BCUT2D eigenvalue weighted by Gasteiger charge is -2.19. The van der Waals surface area contributed by atoms with Gasteiger partial charge in [0, 0.05) is 37.2 Å². The zero-order valence-corrected chi connectivity index (χ0v) is 13.5. The van der Waals surface area contributed by atoms with Crippen LogP contribution in [0.1, 0.15) is 34.6 Å². The molecule has 0 spiro atoms. The summed E-state index contributed by atoms with van der Waals surface area (Å²) in [4.78, 5) is 14.8. The second kappa shape index (κ2) is 5.87. The van der Waals surface area contributed by atoms with E-state index in [-0.39, 0.29) is 5.91 Å². The molecule has 0 atom stereocenters. The largest absolute Gasteiger partial charge is 0.372 e. The van der Waals surface area contributed by atoms with E-state index in [0.29, 0.717) is 5.69 Å². The molecule has 1 fully saturated rings. The van der Waals surface area contributed by atoms with Gasteiger partial charge in [-0.05, 0) is 62.6 Å². The monoisotopic (exact) mass is 297 g/mol. The van der Waals surface area contributed by atoms with Crippen LogP contribution in [0, 0.1) is 13.8 Å². The highest BCUT2D eigenvalue weighted by Crippen LogP contribution is 2.25. The van der Waals surface area contributed by atoms with Crippen molar-refractivity contribution < 1.29 is 4.79 Å². The van der Waals surface area contributed by atoms with Crippen molar-refractivity contribution in [2.45, 2.75) is 26.7 Å². The maximum absolute atomic E-state index is 12.4. The molecule has 22 heavy (non-hydrogen) atoms. The predicted octanol–water partition coefficient (Wildman–Crippen LogP) is 3.49. The van der Waals surface area contributed by atoms with Crippen LogP contribution >= 0.6 is 0 Å². The third-order valence-electron chi connectivity index (χ3n) is 4.53. The van der Waals surface area contributed by atoms with E-state index < -0.39 is 0 Å². The Morgan fingerprint density at radius 2 is 1.82 bits per heavy atom. The number of amides is 1. The normalized spacial score (nSPS) is 14.4. The van der Waals surface area contributed by atoms with Crippen LogP contribution in [0.5, 0.6) is 0 Å². The molecule has 0 saturated carbocycles. The standard InChI is InChI=1S/C18H23N3O/c1-13-12-15(21-10-4-5-11-21)7-8-16(13)19-18(22)17-9-6-14(2)20(17)3/h6-9,12H,4-5,10-11H2,1-3H3,(H,19,22). The number of benzene rings is 1. The Bertz CT molecular complexity index is 696. The molecule has 1 saturated heterocycles. The number of carbonyl (C=O) groups is 1. The van der Waals surface area contributed by atoms with Crippen LogP contribution in [0.2, 0.25) is 0 Å². The molecule has 1 aliphatic heterocycles. The highest BCUT2D eigenvalue weighted by atomic mass is 16.1. The molecule has 4 nitrogen and oxygen atoms in total. The summed E-state index contributed by atoms with van der Waals surface area (Å²) in [5, 5.41) is 3.02. The first-order valence-corrected chi connectivity index (χ1v) is 7.85. The Kier molecular flexibility index (Phi) is 3.92. The number of anilines is 2. The molecular formula is C18H23N3O. The Labute approximate surface area is 131 Å². The summed E-state index contributed by atoms with van der Waals surface area (Å²) in [5.41, 5.74) is 4.99. The van der Waals surface area contributed by atoms with Crippen molar-refractivity contribution in [1.82, 2.24) is 4.57 Å². The molecule has 0 radical (unpaired) electrons. The molecule has 1 amide bonds. The Hall–Kier alpha value is -2.23. The number of rotatable bonds is 3. The lowest BCUT2D eigenvalue weighted by atomic mass is 10.1. The van der Waals surface area contributed by atoms with E-state index in [0.717, 1.165) is 30.0 Å². The van der Waals surface area contributed by atoms with Crippen LogP contribution < -0.4 is 10.2 Å². The molecule has 1 N–H and O–H groups in total. The van der Waals surface area contributed by atoms with Crippen molar-refractivity contribution >= 4 is 17.3 Å². The summed E-state index contributed by atoms with van der Waals surface area (Å²) in [7, 11) is 1.91. The second-order valence-corrected chi connectivity index (χ2v) is 6.07. The van der Waals surface area contributed by atoms with E-state index in [1.807, 2.05) is 43.7 Å². The van der Waals surface area contributed by atoms with Crippen LogP contribution in [0.3, 0.4) is 0 Å².